The highest BCUT2D eigenvalue weighted by Crippen LogP contribution is 2.52. The van der Waals surface area contributed by atoms with E-state index >= 15 is 0 Å². The zero-order valence-electron chi connectivity index (χ0n) is 11.9. The van der Waals surface area contributed by atoms with E-state index in [2.05, 4.69) is 0 Å². The Hall–Kier alpha value is -0.640. The topological polar surface area (TPSA) is 55.8 Å². The van der Waals surface area contributed by atoms with Crippen LogP contribution in [0.15, 0.2) is 12.2 Å². The van der Waals surface area contributed by atoms with Gasteiger partial charge in [0.25, 0.3) is 5.91 Å². The van der Waals surface area contributed by atoms with Gasteiger partial charge in [0, 0.05) is 6.54 Å². The molecule has 0 unspecified atom stereocenters. The Bertz CT molecular complexity index is 318. The van der Waals surface area contributed by atoms with E-state index in [0.29, 0.717) is 6.54 Å². The summed E-state index contributed by atoms with van der Waals surface area (Å²) in [6.07, 6.45) is 2.98. The number of carbonyl (C=O) groups excluding carboxylic acids is 1. The van der Waals surface area contributed by atoms with Crippen molar-refractivity contribution in [3.05, 3.63) is 12.2 Å². The monoisotopic (exact) mass is 277 g/mol. The summed E-state index contributed by atoms with van der Waals surface area (Å²) in [5.41, 5.74) is 0. The number of amides is 1. The third-order valence-electron chi connectivity index (χ3n) is 1.98. The molecule has 0 aromatic heterocycles. The third kappa shape index (κ3) is 5.34. The van der Waals surface area contributed by atoms with E-state index in [-0.39, 0.29) is 25.0 Å². The van der Waals surface area contributed by atoms with Gasteiger partial charge in [0.1, 0.15) is 0 Å². The summed E-state index contributed by atoms with van der Waals surface area (Å²) < 4.78 is 24.2. The van der Waals surface area contributed by atoms with Crippen molar-refractivity contribution in [1.29, 1.82) is 0 Å². The van der Waals surface area contributed by atoms with Gasteiger partial charge in [-0.05, 0) is 32.8 Å². The highest BCUT2D eigenvalue weighted by Gasteiger charge is 2.36. The maximum Gasteiger partial charge on any atom is 0.437 e. The average Bonchev–Trinajstić information content (AvgIpc) is 2.26. The zero-order chi connectivity index (χ0) is 14.2. The van der Waals surface area contributed by atoms with E-state index in [0.717, 1.165) is 0 Å². The Labute approximate surface area is 110 Å². The first-order chi connectivity index (χ1) is 8.41. The fourth-order valence-electron chi connectivity index (χ4n) is 1.39. The second-order valence-corrected chi connectivity index (χ2v) is 6.05. The molecule has 0 aliphatic heterocycles. The van der Waals surface area contributed by atoms with Crippen LogP contribution in [0.4, 0.5) is 0 Å². The van der Waals surface area contributed by atoms with Crippen molar-refractivity contribution in [2.24, 2.45) is 5.92 Å². The number of allylic oxidation sites excluding steroid dienone is 1. The van der Waals surface area contributed by atoms with E-state index < -0.39 is 7.75 Å². The molecule has 0 aliphatic carbocycles. The van der Waals surface area contributed by atoms with Crippen LogP contribution in [0.1, 0.15) is 34.6 Å². The van der Waals surface area contributed by atoms with E-state index in [1.54, 1.807) is 26.8 Å². The molecular formula is C12H24NO4P. The molecule has 6 heteroatoms. The number of carbonyl (C=O) groups is 1. The number of nitrogens with zero attached hydrogens (tertiary/aromatic N) is 1. The fourth-order valence-corrected chi connectivity index (χ4v) is 3.23. The van der Waals surface area contributed by atoms with Gasteiger partial charge < -0.3 is 0 Å². The summed E-state index contributed by atoms with van der Waals surface area (Å²) in [5, 5.41) is 0. The SMILES string of the molecule is CC=CC(=O)N(CC(C)C)P(=O)(OCC)OCC. The highest BCUT2D eigenvalue weighted by atomic mass is 31.2. The molecule has 18 heavy (non-hydrogen) atoms. The van der Waals surface area contributed by atoms with E-state index in [1.165, 1.54) is 10.7 Å². The highest BCUT2D eigenvalue weighted by molar-refractivity contribution is 7.52. The van der Waals surface area contributed by atoms with Gasteiger partial charge in [0.2, 0.25) is 0 Å². The molecule has 0 bridgehead atoms. The summed E-state index contributed by atoms with van der Waals surface area (Å²) in [5.74, 6) is -0.176. The molecule has 0 radical (unpaired) electrons. The second-order valence-electron chi connectivity index (χ2n) is 4.12. The molecule has 0 aliphatic rings. The minimum atomic E-state index is -3.54. The smallest absolute Gasteiger partial charge is 0.292 e. The van der Waals surface area contributed by atoms with Crippen molar-refractivity contribution < 1.29 is 18.4 Å². The minimum absolute atomic E-state index is 0.174. The van der Waals surface area contributed by atoms with E-state index in [4.69, 9.17) is 9.05 Å². The fraction of sp³-hybridized carbons (Fsp3) is 0.750. The van der Waals surface area contributed by atoms with Gasteiger partial charge in [-0.3, -0.25) is 13.8 Å². The molecule has 0 heterocycles. The lowest BCUT2D eigenvalue weighted by atomic mass is 10.2. The normalized spacial score (nSPS) is 12.3. The first-order valence-electron chi connectivity index (χ1n) is 6.25. The quantitative estimate of drug-likeness (QED) is 0.505. The molecule has 5 nitrogen and oxygen atoms in total. The van der Waals surface area contributed by atoms with Crippen molar-refractivity contribution in [3.8, 4) is 0 Å². The van der Waals surface area contributed by atoms with Gasteiger partial charge in [0.15, 0.2) is 0 Å². The van der Waals surface area contributed by atoms with Crippen LogP contribution in [0.3, 0.4) is 0 Å². The van der Waals surface area contributed by atoms with Gasteiger partial charge in [-0.2, -0.15) is 0 Å². The Kier molecular flexibility index (Phi) is 8.16. The molecule has 0 fully saturated rings. The summed E-state index contributed by atoms with van der Waals surface area (Å²) in [7, 11) is -3.54. The molecule has 0 spiro atoms. The first kappa shape index (κ1) is 17.4. The lowest BCUT2D eigenvalue weighted by Crippen LogP contribution is -2.32. The van der Waals surface area contributed by atoms with Gasteiger partial charge in [0.05, 0.1) is 13.2 Å². The first-order valence-corrected chi connectivity index (χ1v) is 7.74. The minimum Gasteiger partial charge on any atom is -0.292 e. The Balaban J connectivity index is 5.21. The van der Waals surface area contributed by atoms with Crippen LogP contribution in [0.5, 0.6) is 0 Å². The van der Waals surface area contributed by atoms with Crippen molar-refractivity contribution in [2.75, 3.05) is 19.8 Å². The third-order valence-corrected chi connectivity index (χ3v) is 4.10. The molecule has 106 valence electrons. The molecular weight excluding hydrogens is 253 g/mol. The molecule has 1 amide bonds. The van der Waals surface area contributed by atoms with Crippen molar-refractivity contribution >= 4 is 13.7 Å². The van der Waals surface area contributed by atoms with E-state index in [1.807, 2.05) is 13.8 Å². The zero-order valence-corrected chi connectivity index (χ0v) is 12.8. The van der Waals surface area contributed by atoms with Gasteiger partial charge >= 0.3 is 7.75 Å². The Morgan fingerprint density at radius 1 is 1.28 bits per heavy atom. The molecule has 0 saturated carbocycles. The number of hydrogen-bond acceptors (Lipinski definition) is 4. The lowest BCUT2D eigenvalue weighted by molar-refractivity contribution is -0.123. The molecule has 0 rings (SSSR count). The van der Waals surface area contributed by atoms with Crippen molar-refractivity contribution in [1.82, 2.24) is 4.67 Å². The van der Waals surface area contributed by atoms with Crippen molar-refractivity contribution in [3.63, 3.8) is 0 Å². The number of hydrogen-bond donors (Lipinski definition) is 0. The molecule has 0 saturated heterocycles. The van der Waals surface area contributed by atoms with Crippen molar-refractivity contribution in [2.45, 2.75) is 34.6 Å². The van der Waals surface area contributed by atoms with Crippen LogP contribution in [-0.4, -0.2) is 30.3 Å². The second kappa shape index (κ2) is 8.46. The standard InChI is InChI=1S/C12H24NO4P/c1-6-9-12(14)13(10-11(4)5)18(15,16-7-2)17-8-3/h6,9,11H,7-8,10H2,1-5H3. The van der Waals surface area contributed by atoms with Crippen LogP contribution < -0.4 is 0 Å². The Morgan fingerprint density at radius 2 is 1.78 bits per heavy atom. The van der Waals surface area contributed by atoms with Crippen LogP contribution in [0.25, 0.3) is 0 Å². The molecule has 0 aromatic rings. The average molecular weight is 277 g/mol. The van der Waals surface area contributed by atoms with Crippen LogP contribution >= 0.6 is 7.75 Å². The van der Waals surface area contributed by atoms with Crippen LogP contribution in [-0.2, 0) is 18.4 Å². The maximum atomic E-state index is 12.6. The van der Waals surface area contributed by atoms with Gasteiger partial charge in [-0.15, -0.1) is 0 Å². The molecule has 0 aromatic carbocycles. The van der Waals surface area contributed by atoms with Gasteiger partial charge in [-0.25, -0.2) is 9.24 Å². The molecule has 0 N–H and O–H groups in total. The maximum absolute atomic E-state index is 12.6. The molecule has 0 atom stereocenters. The summed E-state index contributed by atoms with van der Waals surface area (Å²) in [6.45, 7) is 9.86. The predicted molar refractivity (Wildman–Crippen MR) is 72.2 cm³/mol. The summed E-state index contributed by atoms with van der Waals surface area (Å²) in [4.78, 5) is 12.0. The Morgan fingerprint density at radius 3 is 2.11 bits per heavy atom. The number of rotatable bonds is 8. The van der Waals surface area contributed by atoms with E-state index in [9.17, 15) is 9.36 Å². The lowest BCUT2D eigenvalue weighted by Gasteiger charge is -2.30. The predicted octanol–water partition coefficient (Wildman–Crippen LogP) is 3.23. The van der Waals surface area contributed by atoms with Crippen LogP contribution in [0, 0.1) is 5.92 Å². The summed E-state index contributed by atoms with van der Waals surface area (Å²) in [6, 6.07) is 0. The largest absolute Gasteiger partial charge is 0.437 e. The summed E-state index contributed by atoms with van der Waals surface area (Å²) >= 11 is 0. The van der Waals surface area contributed by atoms with Crippen LogP contribution in [0.2, 0.25) is 0 Å². The van der Waals surface area contributed by atoms with Gasteiger partial charge in [-0.1, -0.05) is 19.9 Å².